The highest BCUT2D eigenvalue weighted by Crippen LogP contribution is 2.59. The van der Waals surface area contributed by atoms with Crippen LogP contribution in [0, 0.1) is 11.3 Å². The van der Waals surface area contributed by atoms with Crippen LogP contribution in [0.4, 0.5) is 8.28 Å². The van der Waals surface area contributed by atoms with Crippen molar-refractivity contribution < 1.29 is 16.7 Å². The molecule has 0 radical (unpaired) electrons. The molecule has 0 saturated heterocycles. The minimum absolute atomic E-state index is 0.0504. The molecule has 0 aromatic rings. The van der Waals surface area contributed by atoms with Crippen molar-refractivity contribution in [1.29, 1.82) is 0 Å². The van der Waals surface area contributed by atoms with Crippen molar-refractivity contribution in [2.45, 2.75) is 31.9 Å². The predicted molar refractivity (Wildman–Crippen MR) is 44.2 cm³/mol. The number of rotatable bonds is 2. The van der Waals surface area contributed by atoms with Gasteiger partial charge in [-0.15, -0.1) is 3.89 Å². The van der Waals surface area contributed by atoms with Gasteiger partial charge in [-0.25, -0.2) is 4.39 Å². The van der Waals surface area contributed by atoms with E-state index in [2.05, 4.69) is 0 Å². The van der Waals surface area contributed by atoms with E-state index >= 15 is 0 Å². The SMILES string of the molecule is O=S(=O)(F)CC1CC2(CC(F)C2)C1. The first kappa shape index (κ1) is 9.37. The van der Waals surface area contributed by atoms with Crippen LogP contribution in [0.25, 0.3) is 0 Å². The molecule has 76 valence electrons. The summed E-state index contributed by atoms with van der Waals surface area (Å²) in [6.45, 7) is 0. The third-order valence-corrected chi connectivity index (χ3v) is 4.06. The van der Waals surface area contributed by atoms with Gasteiger partial charge >= 0.3 is 10.2 Å². The van der Waals surface area contributed by atoms with Crippen molar-refractivity contribution in [3.8, 4) is 0 Å². The molecule has 2 rings (SSSR count). The molecular weight excluding hydrogens is 198 g/mol. The van der Waals surface area contributed by atoms with Gasteiger partial charge in [0.05, 0.1) is 5.75 Å². The second kappa shape index (κ2) is 2.65. The van der Waals surface area contributed by atoms with Crippen LogP contribution in [0.2, 0.25) is 0 Å². The molecular formula is C8H12F2O2S. The van der Waals surface area contributed by atoms with Crippen LogP contribution in [-0.2, 0) is 10.2 Å². The maximum Gasteiger partial charge on any atom is 0.302 e. The van der Waals surface area contributed by atoms with Crippen molar-refractivity contribution >= 4 is 10.2 Å². The van der Waals surface area contributed by atoms with Gasteiger partial charge in [-0.05, 0) is 37.0 Å². The fourth-order valence-corrected chi connectivity index (χ4v) is 3.58. The van der Waals surface area contributed by atoms with Crippen LogP contribution >= 0.6 is 0 Å². The van der Waals surface area contributed by atoms with Crippen molar-refractivity contribution in [3.05, 3.63) is 0 Å². The van der Waals surface area contributed by atoms with E-state index in [4.69, 9.17) is 0 Å². The van der Waals surface area contributed by atoms with Gasteiger partial charge in [0, 0.05) is 0 Å². The summed E-state index contributed by atoms with van der Waals surface area (Å²) < 4.78 is 45.3. The van der Waals surface area contributed by atoms with E-state index in [0.717, 1.165) is 0 Å². The summed E-state index contributed by atoms with van der Waals surface area (Å²) in [6, 6.07) is 0. The zero-order valence-corrected chi connectivity index (χ0v) is 7.99. The van der Waals surface area contributed by atoms with Crippen LogP contribution in [0.5, 0.6) is 0 Å². The Kier molecular flexibility index (Phi) is 1.91. The van der Waals surface area contributed by atoms with Gasteiger partial charge in [-0.2, -0.15) is 8.42 Å². The molecule has 0 N–H and O–H groups in total. The van der Waals surface area contributed by atoms with E-state index in [-0.39, 0.29) is 17.1 Å². The second-order valence-corrected chi connectivity index (χ2v) is 5.90. The van der Waals surface area contributed by atoms with Crippen LogP contribution in [-0.4, -0.2) is 20.3 Å². The molecule has 0 aromatic carbocycles. The summed E-state index contributed by atoms with van der Waals surface area (Å²) in [5.41, 5.74) is 0.0504. The predicted octanol–water partition coefficient (Wildman–Crippen LogP) is 1.81. The molecule has 2 aliphatic carbocycles. The summed E-state index contributed by atoms with van der Waals surface area (Å²) in [7, 11) is -4.33. The molecule has 1 spiro atoms. The van der Waals surface area contributed by atoms with Gasteiger partial charge in [0.1, 0.15) is 6.17 Å². The Morgan fingerprint density at radius 2 is 1.77 bits per heavy atom. The number of halogens is 2. The van der Waals surface area contributed by atoms with Gasteiger partial charge < -0.3 is 0 Å². The zero-order valence-electron chi connectivity index (χ0n) is 7.17. The standard InChI is InChI=1S/C8H12F2O2S/c9-7-3-8(4-7)1-6(2-8)5-13(10,11)12/h6-7H,1-5H2. The molecule has 5 heteroatoms. The Hall–Kier alpha value is -0.190. The molecule has 2 aliphatic rings. The van der Waals surface area contributed by atoms with Crippen LogP contribution in [0.15, 0.2) is 0 Å². The summed E-state index contributed by atoms with van der Waals surface area (Å²) in [5, 5.41) is 0. The van der Waals surface area contributed by atoms with Gasteiger partial charge in [-0.3, -0.25) is 0 Å². The fraction of sp³-hybridized carbons (Fsp3) is 1.00. The Morgan fingerprint density at radius 1 is 1.23 bits per heavy atom. The lowest BCUT2D eigenvalue weighted by atomic mass is 9.51. The maximum atomic E-state index is 12.5. The van der Waals surface area contributed by atoms with Crippen molar-refractivity contribution in [3.63, 3.8) is 0 Å². The molecule has 13 heavy (non-hydrogen) atoms. The molecule has 0 unspecified atom stereocenters. The molecule has 0 atom stereocenters. The van der Waals surface area contributed by atoms with E-state index < -0.39 is 16.4 Å². The van der Waals surface area contributed by atoms with Crippen LogP contribution < -0.4 is 0 Å². The molecule has 2 saturated carbocycles. The maximum absolute atomic E-state index is 12.5. The van der Waals surface area contributed by atoms with Gasteiger partial charge in [0.15, 0.2) is 0 Å². The third kappa shape index (κ3) is 1.85. The van der Waals surface area contributed by atoms with Crippen molar-refractivity contribution in [1.82, 2.24) is 0 Å². The van der Waals surface area contributed by atoms with E-state index in [1.165, 1.54) is 0 Å². The highest BCUT2D eigenvalue weighted by Gasteiger charge is 2.53. The average molecular weight is 210 g/mol. The molecule has 0 bridgehead atoms. The molecule has 0 aromatic heterocycles. The van der Waals surface area contributed by atoms with Gasteiger partial charge in [0.25, 0.3) is 0 Å². The third-order valence-electron chi connectivity index (χ3n) is 3.19. The topological polar surface area (TPSA) is 34.1 Å². The van der Waals surface area contributed by atoms with Gasteiger partial charge in [-0.1, -0.05) is 0 Å². The molecule has 0 amide bonds. The lowest BCUT2D eigenvalue weighted by Gasteiger charge is -2.55. The number of hydrogen-bond acceptors (Lipinski definition) is 2. The lowest BCUT2D eigenvalue weighted by molar-refractivity contribution is -0.0721. The van der Waals surface area contributed by atoms with Crippen LogP contribution in [0.3, 0.4) is 0 Å². The summed E-state index contributed by atoms with van der Waals surface area (Å²) in [4.78, 5) is 0. The summed E-state index contributed by atoms with van der Waals surface area (Å²) in [6.07, 6.45) is 1.78. The van der Waals surface area contributed by atoms with E-state index in [1.54, 1.807) is 0 Å². The average Bonchev–Trinajstić information content (AvgIpc) is 1.76. The van der Waals surface area contributed by atoms with E-state index in [1.807, 2.05) is 0 Å². The Balaban J connectivity index is 1.80. The first-order chi connectivity index (χ1) is 5.89. The normalized spacial score (nSPS) is 44.2. The highest BCUT2D eigenvalue weighted by molar-refractivity contribution is 7.86. The first-order valence-electron chi connectivity index (χ1n) is 4.45. The molecule has 0 heterocycles. The Bertz CT molecular complexity index is 298. The number of hydrogen-bond donors (Lipinski definition) is 0. The zero-order chi connectivity index (χ0) is 9.69. The molecule has 0 aliphatic heterocycles. The Labute approximate surface area is 76.5 Å². The molecule has 2 nitrogen and oxygen atoms in total. The lowest BCUT2D eigenvalue weighted by Crippen LogP contribution is -2.49. The summed E-state index contributed by atoms with van der Waals surface area (Å²) >= 11 is 0. The van der Waals surface area contributed by atoms with Gasteiger partial charge in [0.2, 0.25) is 0 Å². The first-order valence-corrected chi connectivity index (χ1v) is 6.00. The van der Waals surface area contributed by atoms with Crippen molar-refractivity contribution in [2.24, 2.45) is 11.3 Å². The quantitative estimate of drug-likeness (QED) is 0.651. The fourth-order valence-electron chi connectivity index (χ4n) is 2.78. The van der Waals surface area contributed by atoms with Crippen LogP contribution in [0.1, 0.15) is 25.7 Å². The second-order valence-electron chi connectivity index (χ2n) is 4.49. The minimum Gasteiger partial charge on any atom is -0.247 e. The monoisotopic (exact) mass is 210 g/mol. The smallest absolute Gasteiger partial charge is 0.247 e. The Morgan fingerprint density at radius 3 is 2.15 bits per heavy atom. The number of alkyl halides is 1. The van der Waals surface area contributed by atoms with Crippen molar-refractivity contribution in [2.75, 3.05) is 5.75 Å². The molecule has 2 fully saturated rings. The summed E-state index contributed by atoms with van der Waals surface area (Å²) in [5.74, 6) is -0.436. The highest BCUT2D eigenvalue weighted by atomic mass is 32.3. The van der Waals surface area contributed by atoms with E-state index in [9.17, 15) is 16.7 Å². The largest absolute Gasteiger partial charge is 0.302 e. The minimum atomic E-state index is -4.33. The van der Waals surface area contributed by atoms with E-state index in [0.29, 0.717) is 25.7 Å².